The average molecular weight is 294 g/mol. The van der Waals surface area contributed by atoms with Gasteiger partial charge in [-0.15, -0.1) is 11.3 Å². The molecule has 2 aromatic heterocycles. The Balaban J connectivity index is 1.89. The predicted octanol–water partition coefficient (Wildman–Crippen LogP) is 1.54. The number of carbonyl (C=O) groups excluding carboxylic acids is 1. The predicted molar refractivity (Wildman–Crippen MR) is 73.8 cm³/mol. The molecule has 7 nitrogen and oxygen atoms in total. The Morgan fingerprint density at radius 2 is 2.30 bits per heavy atom. The highest BCUT2D eigenvalue weighted by atomic mass is 32.1. The van der Waals surface area contributed by atoms with E-state index in [0.29, 0.717) is 23.7 Å². The zero-order valence-electron chi connectivity index (χ0n) is 10.9. The van der Waals surface area contributed by atoms with Crippen molar-refractivity contribution in [1.82, 2.24) is 14.8 Å². The molecule has 0 atom stereocenters. The van der Waals surface area contributed by atoms with E-state index in [0.717, 1.165) is 5.69 Å². The molecule has 106 valence electrons. The SMILES string of the molecule is Cn1ccc(C(=O)Nc2nc(CCCC(=O)O)cs2)n1. The number of nitrogens with one attached hydrogen (secondary N) is 1. The third-order valence-corrected chi connectivity index (χ3v) is 3.35. The van der Waals surface area contributed by atoms with E-state index in [9.17, 15) is 9.59 Å². The van der Waals surface area contributed by atoms with E-state index in [1.54, 1.807) is 24.0 Å². The molecule has 1 amide bonds. The monoisotopic (exact) mass is 294 g/mol. The van der Waals surface area contributed by atoms with E-state index in [1.165, 1.54) is 11.3 Å². The quantitative estimate of drug-likeness (QED) is 0.842. The fraction of sp³-hybridized carbons (Fsp3) is 0.333. The molecule has 2 heterocycles. The highest BCUT2D eigenvalue weighted by molar-refractivity contribution is 7.13. The number of carbonyl (C=O) groups is 2. The van der Waals surface area contributed by atoms with Crippen molar-refractivity contribution in [2.75, 3.05) is 5.32 Å². The highest BCUT2D eigenvalue weighted by Gasteiger charge is 2.11. The minimum Gasteiger partial charge on any atom is -0.481 e. The number of rotatable bonds is 6. The first-order valence-electron chi connectivity index (χ1n) is 6.02. The smallest absolute Gasteiger partial charge is 0.303 e. The molecule has 0 spiro atoms. The van der Waals surface area contributed by atoms with E-state index in [1.807, 2.05) is 5.38 Å². The fourth-order valence-corrected chi connectivity index (χ4v) is 2.34. The molecular weight excluding hydrogens is 280 g/mol. The highest BCUT2D eigenvalue weighted by Crippen LogP contribution is 2.17. The number of carboxylic acid groups (broad SMARTS) is 1. The number of nitrogens with zero attached hydrogens (tertiary/aromatic N) is 3. The van der Waals surface area contributed by atoms with Gasteiger partial charge in [0.25, 0.3) is 5.91 Å². The summed E-state index contributed by atoms with van der Waals surface area (Å²) >= 11 is 1.31. The molecule has 2 N–H and O–H groups in total. The van der Waals surface area contributed by atoms with Crippen LogP contribution in [0.4, 0.5) is 5.13 Å². The van der Waals surface area contributed by atoms with Crippen molar-refractivity contribution in [3.63, 3.8) is 0 Å². The molecule has 0 unspecified atom stereocenters. The molecule has 0 aliphatic carbocycles. The first kappa shape index (κ1) is 14.2. The van der Waals surface area contributed by atoms with Crippen LogP contribution in [-0.2, 0) is 18.3 Å². The maximum atomic E-state index is 11.8. The maximum Gasteiger partial charge on any atom is 0.303 e. The number of hydrogen-bond donors (Lipinski definition) is 2. The number of anilines is 1. The van der Waals surface area contributed by atoms with Gasteiger partial charge in [0.15, 0.2) is 10.8 Å². The first-order chi connectivity index (χ1) is 9.54. The van der Waals surface area contributed by atoms with Crippen LogP contribution in [0.25, 0.3) is 0 Å². The molecule has 2 rings (SSSR count). The lowest BCUT2D eigenvalue weighted by atomic mass is 10.2. The second-order valence-corrected chi connectivity index (χ2v) is 5.08. The molecule has 0 radical (unpaired) electrons. The zero-order valence-corrected chi connectivity index (χ0v) is 11.7. The lowest BCUT2D eigenvalue weighted by Gasteiger charge is -1.97. The Kier molecular flexibility index (Phi) is 4.46. The van der Waals surface area contributed by atoms with E-state index in [4.69, 9.17) is 5.11 Å². The summed E-state index contributed by atoms with van der Waals surface area (Å²) in [5.41, 5.74) is 1.11. The van der Waals surface area contributed by atoms with Gasteiger partial charge in [0.05, 0.1) is 5.69 Å². The molecule has 0 fully saturated rings. The van der Waals surface area contributed by atoms with Crippen LogP contribution in [0.1, 0.15) is 29.0 Å². The van der Waals surface area contributed by atoms with Crippen LogP contribution in [0.3, 0.4) is 0 Å². The molecule has 0 saturated heterocycles. The van der Waals surface area contributed by atoms with Gasteiger partial charge in [-0.2, -0.15) is 5.10 Å². The van der Waals surface area contributed by atoms with E-state index < -0.39 is 5.97 Å². The minimum atomic E-state index is -0.816. The summed E-state index contributed by atoms with van der Waals surface area (Å²) in [5.74, 6) is -1.12. The number of aliphatic carboxylic acids is 1. The second kappa shape index (κ2) is 6.29. The van der Waals surface area contributed by atoms with E-state index in [2.05, 4.69) is 15.4 Å². The van der Waals surface area contributed by atoms with Crippen molar-refractivity contribution in [3.05, 3.63) is 29.0 Å². The lowest BCUT2D eigenvalue weighted by molar-refractivity contribution is -0.137. The second-order valence-electron chi connectivity index (χ2n) is 4.22. The third kappa shape index (κ3) is 3.89. The summed E-state index contributed by atoms with van der Waals surface area (Å²) in [4.78, 5) is 26.5. The van der Waals surface area contributed by atoms with Gasteiger partial charge in [0, 0.05) is 25.0 Å². The number of carboxylic acids is 1. The van der Waals surface area contributed by atoms with Gasteiger partial charge in [0.1, 0.15) is 0 Å². The molecule has 0 aliphatic rings. The van der Waals surface area contributed by atoms with E-state index >= 15 is 0 Å². The molecule has 8 heteroatoms. The van der Waals surface area contributed by atoms with Crippen LogP contribution in [0.15, 0.2) is 17.6 Å². The van der Waals surface area contributed by atoms with Crippen molar-refractivity contribution < 1.29 is 14.7 Å². The van der Waals surface area contributed by atoms with Gasteiger partial charge in [-0.3, -0.25) is 19.6 Å². The first-order valence-corrected chi connectivity index (χ1v) is 6.90. The summed E-state index contributed by atoms with van der Waals surface area (Å²) in [6, 6.07) is 1.62. The summed E-state index contributed by atoms with van der Waals surface area (Å²) < 4.78 is 1.55. The minimum absolute atomic E-state index is 0.118. The van der Waals surface area contributed by atoms with Gasteiger partial charge in [-0.05, 0) is 18.9 Å². The summed E-state index contributed by atoms with van der Waals surface area (Å²) in [7, 11) is 1.74. The van der Waals surface area contributed by atoms with Crippen molar-refractivity contribution >= 4 is 28.3 Å². The summed E-state index contributed by atoms with van der Waals surface area (Å²) in [6.07, 6.45) is 2.93. The standard InChI is InChI=1S/C12H14N4O3S/c1-16-6-5-9(15-16)11(19)14-12-13-8(7-20-12)3-2-4-10(17)18/h5-7H,2-4H2,1H3,(H,17,18)(H,13,14,19). The molecule has 0 aliphatic heterocycles. The molecule has 0 saturated carbocycles. The van der Waals surface area contributed by atoms with Crippen LogP contribution in [0.2, 0.25) is 0 Å². The van der Waals surface area contributed by atoms with Crippen molar-refractivity contribution in [1.29, 1.82) is 0 Å². The fourth-order valence-electron chi connectivity index (χ4n) is 1.60. The van der Waals surface area contributed by atoms with Gasteiger partial charge in [-0.1, -0.05) is 0 Å². The summed E-state index contributed by atoms with van der Waals surface area (Å²) in [6.45, 7) is 0. The number of thiazole rings is 1. The normalized spacial score (nSPS) is 10.4. The maximum absolute atomic E-state index is 11.8. The lowest BCUT2D eigenvalue weighted by Crippen LogP contribution is -2.12. The number of hydrogen-bond acceptors (Lipinski definition) is 5. The zero-order chi connectivity index (χ0) is 14.5. The summed E-state index contributed by atoms with van der Waals surface area (Å²) in [5, 5.41) is 17.5. The number of aryl methyl sites for hydroxylation is 2. The van der Waals surface area contributed by atoms with Gasteiger partial charge in [-0.25, -0.2) is 4.98 Å². The van der Waals surface area contributed by atoms with Crippen LogP contribution >= 0.6 is 11.3 Å². The Morgan fingerprint density at radius 1 is 1.50 bits per heavy atom. The topological polar surface area (TPSA) is 97.1 Å². The van der Waals surface area contributed by atoms with Crippen LogP contribution < -0.4 is 5.32 Å². The molecule has 0 bridgehead atoms. The Morgan fingerprint density at radius 3 is 2.95 bits per heavy atom. The average Bonchev–Trinajstić information content (AvgIpc) is 2.98. The van der Waals surface area contributed by atoms with Gasteiger partial charge < -0.3 is 5.11 Å². The molecule has 20 heavy (non-hydrogen) atoms. The van der Waals surface area contributed by atoms with Crippen molar-refractivity contribution in [2.24, 2.45) is 7.05 Å². The van der Waals surface area contributed by atoms with Crippen LogP contribution in [0, 0.1) is 0 Å². The molecular formula is C12H14N4O3S. The Hall–Kier alpha value is -2.22. The van der Waals surface area contributed by atoms with Gasteiger partial charge in [0.2, 0.25) is 0 Å². The molecule has 0 aromatic carbocycles. The van der Waals surface area contributed by atoms with Crippen molar-refractivity contribution in [3.8, 4) is 0 Å². The largest absolute Gasteiger partial charge is 0.481 e. The Bertz CT molecular complexity index is 620. The van der Waals surface area contributed by atoms with Gasteiger partial charge >= 0.3 is 5.97 Å². The number of aromatic nitrogens is 3. The number of amides is 1. The van der Waals surface area contributed by atoms with E-state index in [-0.39, 0.29) is 12.3 Å². The van der Waals surface area contributed by atoms with Crippen LogP contribution in [0.5, 0.6) is 0 Å². The third-order valence-electron chi connectivity index (χ3n) is 2.54. The molecule has 2 aromatic rings. The van der Waals surface area contributed by atoms with Crippen LogP contribution in [-0.4, -0.2) is 31.7 Å². The van der Waals surface area contributed by atoms with Crippen molar-refractivity contribution in [2.45, 2.75) is 19.3 Å². The Labute approximate surface area is 119 Å².